The molecule has 4 rings (SSSR count). The number of fused-ring (bicyclic) bond motifs is 1. The highest BCUT2D eigenvalue weighted by molar-refractivity contribution is 5.78. The van der Waals surface area contributed by atoms with Gasteiger partial charge in [0.1, 0.15) is 0 Å². The van der Waals surface area contributed by atoms with E-state index in [1.54, 1.807) is 18.7 Å². The fourth-order valence-electron chi connectivity index (χ4n) is 4.52. The number of hydrogen-bond acceptors (Lipinski definition) is 6. The third-order valence-corrected chi connectivity index (χ3v) is 6.13. The van der Waals surface area contributed by atoms with Crippen molar-refractivity contribution in [1.82, 2.24) is 24.5 Å². The van der Waals surface area contributed by atoms with Crippen LogP contribution in [0.25, 0.3) is 5.78 Å². The van der Waals surface area contributed by atoms with Gasteiger partial charge >= 0.3 is 0 Å². The van der Waals surface area contributed by atoms with Crippen LogP contribution in [0.15, 0.2) is 24.3 Å². The van der Waals surface area contributed by atoms with Gasteiger partial charge in [0.05, 0.1) is 20.6 Å². The van der Waals surface area contributed by atoms with E-state index in [1.165, 1.54) is 5.56 Å². The molecule has 8 nitrogen and oxygen atoms in total. The van der Waals surface area contributed by atoms with Crippen molar-refractivity contribution in [2.75, 3.05) is 20.8 Å². The first-order chi connectivity index (χ1) is 15.5. The van der Waals surface area contributed by atoms with Crippen molar-refractivity contribution in [1.29, 1.82) is 0 Å². The Labute approximate surface area is 188 Å². The standard InChI is InChI=1S/C24H31N5O3/c1-16-13-17(2)29-24(25-16)26-22(27-29)15-23(30)28-12-6-5-7-19(28)10-8-18-9-11-20(31-3)21(14-18)32-4/h9,11,13-14,19H,5-8,10,12,15H2,1-4H3. The van der Waals surface area contributed by atoms with Crippen LogP contribution in [0.5, 0.6) is 11.5 Å². The van der Waals surface area contributed by atoms with Crippen LogP contribution in [0.2, 0.25) is 0 Å². The van der Waals surface area contributed by atoms with Crippen LogP contribution >= 0.6 is 0 Å². The Bertz CT molecular complexity index is 1110. The molecule has 1 aliphatic rings. The van der Waals surface area contributed by atoms with Crippen LogP contribution in [-0.4, -0.2) is 57.2 Å². The lowest BCUT2D eigenvalue weighted by molar-refractivity contribution is -0.134. The molecular weight excluding hydrogens is 406 g/mol. The molecule has 0 spiro atoms. The van der Waals surface area contributed by atoms with Crippen LogP contribution in [0, 0.1) is 13.8 Å². The molecule has 1 aromatic carbocycles. The van der Waals surface area contributed by atoms with E-state index in [2.05, 4.69) is 21.1 Å². The van der Waals surface area contributed by atoms with E-state index >= 15 is 0 Å². The fraction of sp³-hybridized carbons (Fsp3) is 0.500. The van der Waals surface area contributed by atoms with Crippen LogP contribution in [0.1, 0.15) is 48.5 Å². The summed E-state index contributed by atoms with van der Waals surface area (Å²) < 4.78 is 12.5. The van der Waals surface area contributed by atoms with Crippen molar-refractivity contribution in [3.63, 3.8) is 0 Å². The zero-order chi connectivity index (χ0) is 22.7. The molecule has 1 atom stereocenters. The van der Waals surface area contributed by atoms with Gasteiger partial charge in [-0.3, -0.25) is 4.79 Å². The first-order valence-corrected chi connectivity index (χ1v) is 11.2. The molecule has 8 heteroatoms. The molecule has 170 valence electrons. The van der Waals surface area contributed by atoms with E-state index < -0.39 is 0 Å². The Morgan fingerprint density at radius 1 is 1.09 bits per heavy atom. The number of carbonyl (C=O) groups excluding carboxylic acids is 1. The minimum absolute atomic E-state index is 0.0901. The van der Waals surface area contributed by atoms with Gasteiger partial charge in [0.25, 0.3) is 5.78 Å². The first-order valence-electron chi connectivity index (χ1n) is 11.2. The van der Waals surface area contributed by atoms with Crippen LogP contribution < -0.4 is 9.47 Å². The third kappa shape index (κ3) is 4.69. The number of amides is 1. The molecule has 1 unspecified atom stereocenters. The number of methoxy groups -OCH3 is 2. The van der Waals surface area contributed by atoms with Crippen molar-refractivity contribution in [3.05, 3.63) is 47.0 Å². The number of rotatable bonds is 7. The van der Waals surface area contributed by atoms with Gasteiger partial charge in [0, 0.05) is 24.0 Å². The minimum atomic E-state index is 0.0901. The molecule has 2 aromatic heterocycles. The molecule has 32 heavy (non-hydrogen) atoms. The highest BCUT2D eigenvalue weighted by Crippen LogP contribution is 2.29. The van der Waals surface area contributed by atoms with Gasteiger partial charge in [0.15, 0.2) is 17.3 Å². The maximum atomic E-state index is 13.2. The van der Waals surface area contributed by atoms with Crippen molar-refractivity contribution < 1.29 is 14.3 Å². The summed E-state index contributed by atoms with van der Waals surface area (Å²) in [6.07, 6.45) is 5.21. The number of likely N-dealkylation sites (tertiary alicyclic amines) is 1. The summed E-state index contributed by atoms with van der Waals surface area (Å²) in [4.78, 5) is 24.1. The number of aryl methyl sites for hydroxylation is 3. The van der Waals surface area contributed by atoms with E-state index in [4.69, 9.17) is 9.47 Å². The van der Waals surface area contributed by atoms with E-state index in [9.17, 15) is 4.79 Å². The fourth-order valence-corrected chi connectivity index (χ4v) is 4.52. The number of benzene rings is 1. The summed E-state index contributed by atoms with van der Waals surface area (Å²) in [6.45, 7) is 4.69. The van der Waals surface area contributed by atoms with Gasteiger partial charge in [-0.05, 0) is 69.7 Å². The maximum Gasteiger partial charge on any atom is 0.252 e. The summed E-state index contributed by atoms with van der Waals surface area (Å²) >= 11 is 0. The summed E-state index contributed by atoms with van der Waals surface area (Å²) in [5.74, 6) is 2.63. The lowest BCUT2D eigenvalue weighted by Gasteiger charge is -2.36. The SMILES string of the molecule is COc1ccc(CCC2CCCCN2C(=O)Cc2nc3nc(C)cc(C)n3n2)cc1OC. The van der Waals surface area contributed by atoms with E-state index in [0.29, 0.717) is 11.6 Å². The molecule has 1 amide bonds. The van der Waals surface area contributed by atoms with Crippen molar-refractivity contribution in [2.24, 2.45) is 0 Å². The second kappa shape index (κ2) is 9.54. The van der Waals surface area contributed by atoms with Crippen molar-refractivity contribution >= 4 is 11.7 Å². The van der Waals surface area contributed by atoms with Crippen LogP contribution in [0.4, 0.5) is 0 Å². The summed E-state index contributed by atoms with van der Waals surface area (Å²) in [6, 6.07) is 8.20. The zero-order valence-corrected chi connectivity index (χ0v) is 19.3. The molecule has 0 radical (unpaired) electrons. The average Bonchev–Trinajstić information content (AvgIpc) is 3.20. The molecule has 0 bridgehead atoms. The van der Waals surface area contributed by atoms with E-state index in [-0.39, 0.29) is 18.4 Å². The minimum Gasteiger partial charge on any atom is -0.493 e. The summed E-state index contributed by atoms with van der Waals surface area (Å²) in [7, 11) is 3.29. The predicted molar refractivity (Wildman–Crippen MR) is 121 cm³/mol. The maximum absolute atomic E-state index is 13.2. The predicted octanol–water partition coefficient (Wildman–Crippen LogP) is 3.31. The number of ether oxygens (including phenoxy) is 2. The molecule has 3 heterocycles. The molecular formula is C24H31N5O3. The Morgan fingerprint density at radius 3 is 2.69 bits per heavy atom. The Balaban J connectivity index is 1.44. The zero-order valence-electron chi connectivity index (χ0n) is 19.3. The normalized spacial score (nSPS) is 16.4. The van der Waals surface area contributed by atoms with Gasteiger partial charge in [-0.1, -0.05) is 6.07 Å². The Kier molecular flexibility index (Phi) is 6.58. The number of hydrogen-bond donors (Lipinski definition) is 0. The summed E-state index contributed by atoms with van der Waals surface area (Å²) in [5, 5.41) is 4.51. The second-order valence-corrected chi connectivity index (χ2v) is 8.42. The highest BCUT2D eigenvalue weighted by atomic mass is 16.5. The number of piperidine rings is 1. The lowest BCUT2D eigenvalue weighted by Crippen LogP contribution is -2.44. The number of carbonyl (C=O) groups is 1. The first kappa shape index (κ1) is 22.0. The van der Waals surface area contributed by atoms with E-state index in [0.717, 1.165) is 61.5 Å². The smallest absolute Gasteiger partial charge is 0.252 e. The molecule has 3 aromatic rings. The number of aromatic nitrogens is 4. The molecule has 0 aliphatic carbocycles. The Hall–Kier alpha value is -3.16. The molecule has 1 saturated heterocycles. The molecule has 1 aliphatic heterocycles. The largest absolute Gasteiger partial charge is 0.493 e. The molecule has 1 fully saturated rings. The van der Waals surface area contributed by atoms with Crippen molar-refractivity contribution in [2.45, 2.75) is 58.4 Å². The molecule has 0 saturated carbocycles. The summed E-state index contributed by atoms with van der Waals surface area (Å²) in [5.41, 5.74) is 3.04. The van der Waals surface area contributed by atoms with Crippen LogP contribution in [0.3, 0.4) is 0 Å². The third-order valence-electron chi connectivity index (χ3n) is 6.13. The van der Waals surface area contributed by atoms with E-state index in [1.807, 2.05) is 36.9 Å². The van der Waals surface area contributed by atoms with Gasteiger partial charge in [0.2, 0.25) is 5.91 Å². The molecule has 0 N–H and O–H groups in total. The quantitative estimate of drug-likeness (QED) is 0.564. The number of nitrogens with zero attached hydrogens (tertiary/aromatic N) is 5. The second-order valence-electron chi connectivity index (χ2n) is 8.42. The van der Waals surface area contributed by atoms with Gasteiger partial charge < -0.3 is 14.4 Å². The lowest BCUT2D eigenvalue weighted by atomic mass is 9.95. The van der Waals surface area contributed by atoms with Crippen molar-refractivity contribution in [3.8, 4) is 11.5 Å². The Morgan fingerprint density at radius 2 is 1.91 bits per heavy atom. The van der Waals surface area contributed by atoms with Gasteiger partial charge in [-0.2, -0.15) is 4.98 Å². The topological polar surface area (TPSA) is 81.9 Å². The monoisotopic (exact) mass is 437 g/mol. The van der Waals surface area contributed by atoms with Crippen LogP contribution in [-0.2, 0) is 17.6 Å². The van der Waals surface area contributed by atoms with Gasteiger partial charge in [-0.25, -0.2) is 9.50 Å². The average molecular weight is 438 g/mol. The van der Waals surface area contributed by atoms with Gasteiger partial charge in [-0.15, -0.1) is 5.10 Å². The highest BCUT2D eigenvalue weighted by Gasteiger charge is 2.27.